The van der Waals surface area contributed by atoms with Crippen LogP contribution in [0.25, 0.3) is 11.0 Å². The number of pyridine rings is 1. The second-order valence-corrected chi connectivity index (χ2v) is 8.48. The third-order valence-corrected chi connectivity index (χ3v) is 6.59. The van der Waals surface area contributed by atoms with E-state index in [1.54, 1.807) is 12.3 Å². The van der Waals surface area contributed by atoms with Crippen molar-refractivity contribution >= 4 is 22.9 Å². The number of nitrogens with zero attached hydrogens (tertiary/aromatic N) is 2. The van der Waals surface area contributed by atoms with Gasteiger partial charge in [-0.25, -0.2) is 13.8 Å². The first-order valence-corrected chi connectivity index (χ1v) is 10.6. The van der Waals surface area contributed by atoms with Crippen LogP contribution in [0.4, 0.5) is 14.5 Å². The van der Waals surface area contributed by atoms with E-state index in [1.807, 2.05) is 13.1 Å². The number of ether oxygens (including phenoxy) is 1. The maximum absolute atomic E-state index is 14.3. The Morgan fingerprint density at radius 1 is 1.32 bits per heavy atom. The SMILES string of the molecule is Cc1cn([C@@H]2C[C@H](Oc3cc(F)c(F)c4c3CNCC4)[C@@H](C=N)C2)c2nccc(N)c12. The van der Waals surface area contributed by atoms with E-state index in [1.165, 1.54) is 6.21 Å². The first-order chi connectivity index (χ1) is 15.0. The van der Waals surface area contributed by atoms with Crippen LogP contribution in [0.1, 0.15) is 35.6 Å². The van der Waals surface area contributed by atoms with Gasteiger partial charge in [0.25, 0.3) is 0 Å². The van der Waals surface area contributed by atoms with Crippen LogP contribution >= 0.6 is 0 Å². The van der Waals surface area contributed by atoms with Crippen LogP contribution in [0.5, 0.6) is 5.75 Å². The van der Waals surface area contributed by atoms with Gasteiger partial charge < -0.3 is 25.8 Å². The number of hydrogen-bond donors (Lipinski definition) is 3. The summed E-state index contributed by atoms with van der Waals surface area (Å²) in [6, 6.07) is 3.01. The molecular weight excluding hydrogens is 400 g/mol. The molecule has 162 valence electrons. The summed E-state index contributed by atoms with van der Waals surface area (Å²) >= 11 is 0. The van der Waals surface area contributed by atoms with E-state index in [2.05, 4.69) is 14.9 Å². The molecule has 2 aromatic heterocycles. The van der Waals surface area contributed by atoms with Gasteiger partial charge in [-0.1, -0.05) is 0 Å². The summed E-state index contributed by atoms with van der Waals surface area (Å²) in [6.45, 7) is 3.06. The van der Waals surface area contributed by atoms with Crippen molar-refractivity contribution in [3.05, 3.63) is 52.9 Å². The van der Waals surface area contributed by atoms with Crippen molar-refractivity contribution in [3.63, 3.8) is 0 Å². The summed E-state index contributed by atoms with van der Waals surface area (Å²) in [7, 11) is 0. The van der Waals surface area contributed by atoms with Gasteiger partial charge in [0.15, 0.2) is 11.6 Å². The Morgan fingerprint density at radius 2 is 2.16 bits per heavy atom. The molecule has 0 bridgehead atoms. The molecule has 8 heteroatoms. The molecule has 1 aliphatic heterocycles. The highest BCUT2D eigenvalue weighted by Crippen LogP contribution is 2.41. The van der Waals surface area contributed by atoms with Gasteiger partial charge >= 0.3 is 0 Å². The average molecular weight is 425 g/mol. The Bertz CT molecular complexity index is 1170. The molecular formula is C23H25F2N5O. The molecule has 3 aromatic rings. The molecule has 2 aliphatic rings. The zero-order valence-electron chi connectivity index (χ0n) is 17.3. The lowest BCUT2D eigenvalue weighted by atomic mass is 9.98. The van der Waals surface area contributed by atoms with Gasteiger partial charge in [0.1, 0.15) is 17.5 Å². The number of nitrogens with one attached hydrogen (secondary N) is 2. The minimum atomic E-state index is -0.886. The molecule has 0 spiro atoms. The minimum Gasteiger partial charge on any atom is -0.489 e. The maximum atomic E-state index is 14.3. The van der Waals surface area contributed by atoms with Gasteiger partial charge in [0, 0.05) is 71.8 Å². The van der Waals surface area contributed by atoms with Crippen molar-refractivity contribution in [2.45, 2.75) is 44.9 Å². The van der Waals surface area contributed by atoms with E-state index >= 15 is 0 Å². The van der Waals surface area contributed by atoms with E-state index in [-0.39, 0.29) is 18.1 Å². The lowest BCUT2D eigenvalue weighted by Gasteiger charge is -2.25. The third-order valence-electron chi connectivity index (χ3n) is 6.59. The zero-order valence-corrected chi connectivity index (χ0v) is 17.3. The summed E-state index contributed by atoms with van der Waals surface area (Å²) in [6.07, 6.45) is 6.61. The molecule has 1 saturated carbocycles. The first-order valence-electron chi connectivity index (χ1n) is 10.6. The van der Waals surface area contributed by atoms with Crippen LogP contribution in [-0.4, -0.2) is 28.4 Å². The summed E-state index contributed by atoms with van der Waals surface area (Å²) in [5.41, 5.74) is 9.79. The smallest absolute Gasteiger partial charge is 0.162 e. The van der Waals surface area contributed by atoms with Crippen LogP contribution in [0.3, 0.4) is 0 Å². The number of nitrogens with two attached hydrogens (primary N) is 1. The van der Waals surface area contributed by atoms with Crippen LogP contribution < -0.4 is 15.8 Å². The molecule has 1 aliphatic carbocycles. The number of hydrogen-bond acceptors (Lipinski definition) is 5. The van der Waals surface area contributed by atoms with Crippen LogP contribution in [0, 0.1) is 29.9 Å². The predicted molar refractivity (Wildman–Crippen MR) is 116 cm³/mol. The van der Waals surface area contributed by atoms with Crippen molar-refractivity contribution in [3.8, 4) is 5.75 Å². The predicted octanol–water partition coefficient (Wildman–Crippen LogP) is 3.90. The molecule has 4 N–H and O–H groups in total. The molecule has 3 heterocycles. The van der Waals surface area contributed by atoms with E-state index in [0.717, 1.165) is 22.7 Å². The van der Waals surface area contributed by atoms with Gasteiger partial charge in [-0.3, -0.25) is 0 Å². The van der Waals surface area contributed by atoms with Crippen molar-refractivity contribution in [1.82, 2.24) is 14.9 Å². The second kappa shape index (κ2) is 7.60. The van der Waals surface area contributed by atoms with Gasteiger partial charge in [0.05, 0.1) is 0 Å². The molecule has 1 fully saturated rings. The van der Waals surface area contributed by atoms with Crippen molar-refractivity contribution < 1.29 is 13.5 Å². The highest BCUT2D eigenvalue weighted by atomic mass is 19.2. The second-order valence-electron chi connectivity index (χ2n) is 8.48. The summed E-state index contributed by atoms with van der Waals surface area (Å²) in [5.74, 6) is -1.43. The molecule has 6 nitrogen and oxygen atoms in total. The van der Waals surface area contributed by atoms with Gasteiger partial charge in [0.2, 0.25) is 0 Å². The number of anilines is 1. The molecule has 0 saturated heterocycles. The molecule has 1 aromatic carbocycles. The van der Waals surface area contributed by atoms with Gasteiger partial charge in [-0.2, -0.15) is 0 Å². The van der Waals surface area contributed by atoms with Gasteiger partial charge in [-0.15, -0.1) is 0 Å². The molecule has 0 amide bonds. The quantitative estimate of drug-likeness (QED) is 0.553. The fourth-order valence-electron chi connectivity index (χ4n) is 5.06. The van der Waals surface area contributed by atoms with E-state index in [4.69, 9.17) is 15.9 Å². The Balaban J connectivity index is 1.47. The first kappa shape index (κ1) is 19.9. The standard InChI is InChI=1S/C23H25F2N5O/c1-12-11-30(23-21(12)18(27)3-5-29-23)14-6-13(9-26)19(7-14)31-20-8-17(24)22(25)15-2-4-28-10-16(15)20/h3,5,8-9,11,13-14,19,26,28H,2,4,6-7,10H2,1H3,(H2,27,29)/t13-,14+,19+/m1/s1. The fraction of sp³-hybridized carbons (Fsp3) is 0.391. The van der Waals surface area contributed by atoms with Crippen molar-refractivity contribution in [2.75, 3.05) is 12.3 Å². The third kappa shape index (κ3) is 3.26. The van der Waals surface area contributed by atoms with Gasteiger partial charge in [-0.05, 0) is 37.9 Å². The lowest BCUT2D eigenvalue weighted by molar-refractivity contribution is 0.181. The Hall–Kier alpha value is -3.00. The number of nitrogen functional groups attached to an aromatic ring is 1. The lowest BCUT2D eigenvalue weighted by Crippen LogP contribution is -2.28. The highest BCUT2D eigenvalue weighted by molar-refractivity contribution is 5.91. The number of fused-ring (bicyclic) bond motifs is 2. The number of aromatic nitrogens is 2. The average Bonchev–Trinajstić information content (AvgIpc) is 3.33. The topological polar surface area (TPSA) is 89.0 Å². The van der Waals surface area contributed by atoms with Crippen LogP contribution in [0.15, 0.2) is 24.5 Å². The molecule has 31 heavy (non-hydrogen) atoms. The van der Waals surface area contributed by atoms with Crippen molar-refractivity contribution in [1.29, 1.82) is 5.41 Å². The Morgan fingerprint density at radius 3 is 2.97 bits per heavy atom. The summed E-state index contributed by atoms with van der Waals surface area (Å²) in [5, 5.41) is 12.1. The van der Waals surface area contributed by atoms with E-state index < -0.39 is 11.6 Å². The highest BCUT2D eigenvalue weighted by Gasteiger charge is 2.37. The summed E-state index contributed by atoms with van der Waals surface area (Å²) < 4.78 is 36.9. The molecule has 0 unspecified atom stereocenters. The molecule has 5 rings (SSSR count). The summed E-state index contributed by atoms with van der Waals surface area (Å²) in [4.78, 5) is 4.53. The molecule has 0 radical (unpaired) electrons. The largest absolute Gasteiger partial charge is 0.489 e. The zero-order chi connectivity index (χ0) is 21.7. The van der Waals surface area contributed by atoms with E-state index in [0.29, 0.717) is 54.9 Å². The number of rotatable bonds is 4. The number of aryl methyl sites for hydroxylation is 1. The van der Waals surface area contributed by atoms with E-state index in [9.17, 15) is 8.78 Å². The fourth-order valence-corrected chi connectivity index (χ4v) is 5.06. The number of benzene rings is 1. The van der Waals surface area contributed by atoms with Crippen LogP contribution in [-0.2, 0) is 13.0 Å². The number of halogens is 2. The Labute approximate surface area is 178 Å². The maximum Gasteiger partial charge on any atom is 0.162 e. The minimum absolute atomic E-state index is 0.0707. The van der Waals surface area contributed by atoms with Crippen molar-refractivity contribution in [2.24, 2.45) is 5.92 Å². The van der Waals surface area contributed by atoms with Crippen LogP contribution in [0.2, 0.25) is 0 Å². The molecule has 3 atom stereocenters. The monoisotopic (exact) mass is 425 g/mol. The normalized spacial score (nSPS) is 23.1. The Kier molecular flexibility index (Phi) is 4.89.